The average Bonchev–Trinajstić information content (AvgIpc) is 3.09. The molecule has 0 fully saturated rings. The Balaban J connectivity index is 1.72. The number of aryl methyl sites for hydroxylation is 1. The zero-order valence-corrected chi connectivity index (χ0v) is 15.9. The predicted molar refractivity (Wildman–Crippen MR) is 110 cm³/mol. The van der Waals surface area contributed by atoms with E-state index in [1.807, 2.05) is 66.9 Å². The Bertz CT molecular complexity index is 980. The van der Waals surface area contributed by atoms with E-state index in [2.05, 4.69) is 10.3 Å². The molecule has 0 bridgehead atoms. The van der Waals surface area contributed by atoms with Crippen molar-refractivity contribution in [3.63, 3.8) is 0 Å². The van der Waals surface area contributed by atoms with Crippen LogP contribution in [0.1, 0.15) is 18.2 Å². The van der Waals surface area contributed by atoms with Crippen LogP contribution in [0.15, 0.2) is 66.1 Å². The standard InChI is InChI=1S/C21H19N3O2S/c1-15-7-6-8-17(13-15)22-20(26)12-11-18-14-27-21(23-18)24(16(2)25)19-9-4-3-5-10-19/h3-14H,1-2H3,(H,22,26)/b12-11+. The van der Waals surface area contributed by atoms with Crippen LogP contribution in [0.25, 0.3) is 6.08 Å². The summed E-state index contributed by atoms with van der Waals surface area (Å²) in [5.41, 5.74) is 3.20. The fourth-order valence-corrected chi connectivity index (χ4v) is 3.38. The van der Waals surface area contributed by atoms with E-state index >= 15 is 0 Å². The van der Waals surface area contributed by atoms with Gasteiger partial charge in [-0.1, -0.05) is 30.3 Å². The van der Waals surface area contributed by atoms with Gasteiger partial charge in [-0.3, -0.25) is 14.5 Å². The first-order valence-corrected chi connectivity index (χ1v) is 9.28. The molecule has 1 N–H and O–H groups in total. The lowest BCUT2D eigenvalue weighted by Gasteiger charge is -2.17. The van der Waals surface area contributed by atoms with Crippen LogP contribution >= 0.6 is 11.3 Å². The van der Waals surface area contributed by atoms with Crippen LogP contribution in [-0.2, 0) is 9.59 Å². The third-order valence-electron chi connectivity index (χ3n) is 3.72. The highest BCUT2D eigenvalue weighted by atomic mass is 32.1. The van der Waals surface area contributed by atoms with Crippen LogP contribution in [-0.4, -0.2) is 16.8 Å². The Morgan fingerprint density at radius 1 is 1.11 bits per heavy atom. The van der Waals surface area contributed by atoms with Gasteiger partial charge in [-0.05, 0) is 42.8 Å². The number of benzene rings is 2. The van der Waals surface area contributed by atoms with Crippen molar-refractivity contribution in [2.45, 2.75) is 13.8 Å². The number of para-hydroxylation sites is 1. The van der Waals surface area contributed by atoms with E-state index < -0.39 is 0 Å². The van der Waals surface area contributed by atoms with Crippen LogP contribution in [0.2, 0.25) is 0 Å². The summed E-state index contributed by atoms with van der Waals surface area (Å²) in [6.45, 7) is 3.47. The predicted octanol–water partition coefficient (Wildman–Crippen LogP) is 4.79. The molecule has 2 amide bonds. The fourth-order valence-electron chi connectivity index (χ4n) is 2.53. The van der Waals surface area contributed by atoms with Crippen molar-refractivity contribution in [2.24, 2.45) is 0 Å². The molecule has 3 rings (SSSR count). The summed E-state index contributed by atoms with van der Waals surface area (Å²) in [7, 11) is 0. The molecule has 27 heavy (non-hydrogen) atoms. The van der Waals surface area contributed by atoms with Crippen LogP contribution in [0.5, 0.6) is 0 Å². The van der Waals surface area contributed by atoms with Crippen molar-refractivity contribution in [1.29, 1.82) is 0 Å². The van der Waals surface area contributed by atoms with Crippen molar-refractivity contribution in [2.75, 3.05) is 10.2 Å². The molecule has 5 nitrogen and oxygen atoms in total. The van der Waals surface area contributed by atoms with Gasteiger partial charge in [0.15, 0.2) is 5.13 Å². The van der Waals surface area contributed by atoms with Crippen LogP contribution in [0.4, 0.5) is 16.5 Å². The van der Waals surface area contributed by atoms with Crippen molar-refractivity contribution in [3.8, 4) is 0 Å². The van der Waals surface area contributed by atoms with Crippen LogP contribution < -0.4 is 10.2 Å². The highest BCUT2D eigenvalue weighted by Crippen LogP contribution is 2.29. The number of hydrogen-bond acceptors (Lipinski definition) is 4. The summed E-state index contributed by atoms with van der Waals surface area (Å²) < 4.78 is 0. The molecule has 0 aliphatic rings. The Morgan fingerprint density at radius 2 is 1.89 bits per heavy atom. The van der Waals surface area contributed by atoms with E-state index in [1.165, 1.54) is 24.3 Å². The second kappa shape index (κ2) is 8.42. The first-order chi connectivity index (χ1) is 13.0. The molecule has 0 atom stereocenters. The fraction of sp³-hybridized carbons (Fsp3) is 0.0952. The van der Waals surface area contributed by atoms with Gasteiger partial charge in [0, 0.05) is 24.1 Å². The van der Waals surface area contributed by atoms with Crippen molar-refractivity contribution in [1.82, 2.24) is 4.98 Å². The normalized spacial score (nSPS) is 10.7. The van der Waals surface area contributed by atoms with E-state index in [-0.39, 0.29) is 11.8 Å². The monoisotopic (exact) mass is 377 g/mol. The summed E-state index contributed by atoms with van der Waals surface area (Å²) in [5.74, 6) is -0.357. The lowest BCUT2D eigenvalue weighted by atomic mass is 10.2. The van der Waals surface area contributed by atoms with Crippen molar-refractivity contribution in [3.05, 3.63) is 77.3 Å². The number of anilines is 3. The molecule has 0 unspecified atom stereocenters. The van der Waals surface area contributed by atoms with Crippen molar-refractivity contribution >= 4 is 45.7 Å². The van der Waals surface area contributed by atoms with Gasteiger partial charge in [0.1, 0.15) is 0 Å². The molecule has 2 aromatic carbocycles. The van der Waals surface area contributed by atoms with Gasteiger partial charge in [0.05, 0.1) is 11.4 Å². The topological polar surface area (TPSA) is 62.3 Å². The van der Waals surface area contributed by atoms with Gasteiger partial charge in [-0.25, -0.2) is 4.98 Å². The smallest absolute Gasteiger partial charge is 0.248 e. The zero-order chi connectivity index (χ0) is 19.2. The highest BCUT2D eigenvalue weighted by Gasteiger charge is 2.17. The lowest BCUT2D eigenvalue weighted by Crippen LogP contribution is -2.22. The van der Waals surface area contributed by atoms with Gasteiger partial charge in [-0.2, -0.15) is 0 Å². The molecule has 0 aliphatic carbocycles. The number of amides is 2. The van der Waals surface area contributed by atoms with E-state index in [0.29, 0.717) is 10.8 Å². The summed E-state index contributed by atoms with van der Waals surface area (Å²) in [5, 5.41) is 5.18. The Kier molecular flexibility index (Phi) is 5.78. The third kappa shape index (κ3) is 4.89. The number of hydrogen-bond donors (Lipinski definition) is 1. The summed E-state index contributed by atoms with van der Waals surface area (Å²) in [6, 6.07) is 16.9. The number of nitrogens with zero attached hydrogens (tertiary/aromatic N) is 2. The molecule has 0 aliphatic heterocycles. The summed E-state index contributed by atoms with van der Waals surface area (Å²) in [4.78, 5) is 30.2. The Labute approximate surface area is 162 Å². The maximum absolute atomic E-state index is 12.1. The molecule has 1 heterocycles. The second-order valence-corrected chi connectivity index (χ2v) is 6.77. The molecule has 1 aromatic heterocycles. The maximum Gasteiger partial charge on any atom is 0.248 e. The largest absolute Gasteiger partial charge is 0.323 e. The second-order valence-electron chi connectivity index (χ2n) is 5.94. The molecular formula is C21H19N3O2S. The Hall–Kier alpha value is -3.25. The van der Waals surface area contributed by atoms with Gasteiger partial charge in [0.2, 0.25) is 11.8 Å². The quantitative estimate of drug-likeness (QED) is 0.651. The summed E-state index contributed by atoms with van der Waals surface area (Å²) in [6.07, 6.45) is 3.07. The van der Waals surface area contributed by atoms with E-state index in [4.69, 9.17) is 0 Å². The summed E-state index contributed by atoms with van der Waals surface area (Å²) >= 11 is 1.35. The molecule has 0 saturated heterocycles. The number of carbonyl (C=O) groups excluding carboxylic acids is 2. The van der Waals surface area contributed by atoms with E-state index in [1.54, 1.807) is 11.0 Å². The number of nitrogens with one attached hydrogen (secondary N) is 1. The first kappa shape index (κ1) is 18.5. The molecule has 6 heteroatoms. The lowest BCUT2D eigenvalue weighted by molar-refractivity contribution is -0.116. The zero-order valence-electron chi connectivity index (χ0n) is 15.0. The third-order valence-corrected chi connectivity index (χ3v) is 4.57. The SMILES string of the molecule is CC(=O)N(c1ccccc1)c1nc(/C=C/C(=O)Nc2cccc(C)c2)cs1. The molecule has 0 spiro atoms. The minimum absolute atomic E-state index is 0.122. The van der Waals surface area contributed by atoms with E-state index in [0.717, 1.165) is 16.9 Å². The number of aromatic nitrogens is 1. The molecule has 0 radical (unpaired) electrons. The van der Waals surface area contributed by atoms with Gasteiger partial charge < -0.3 is 5.32 Å². The van der Waals surface area contributed by atoms with Crippen LogP contribution in [0.3, 0.4) is 0 Å². The minimum Gasteiger partial charge on any atom is -0.323 e. The average molecular weight is 377 g/mol. The van der Waals surface area contributed by atoms with Crippen molar-refractivity contribution < 1.29 is 9.59 Å². The molecule has 136 valence electrons. The highest BCUT2D eigenvalue weighted by molar-refractivity contribution is 7.14. The van der Waals surface area contributed by atoms with Gasteiger partial charge >= 0.3 is 0 Å². The number of rotatable bonds is 5. The number of thiazole rings is 1. The molecule has 0 saturated carbocycles. The first-order valence-electron chi connectivity index (χ1n) is 8.40. The van der Waals surface area contributed by atoms with Crippen LogP contribution in [0, 0.1) is 6.92 Å². The molecular weight excluding hydrogens is 358 g/mol. The van der Waals surface area contributed by atoms with Gasteiger partial charge in [-0.15, -0.1) is 11.3 Å². The number of carbonyl (C=O) groups is 2. The molecule has 3 aromatic rings. The minimum atomic E-state index is -0.235. The maximum atomic E-state index is 12.1. The Morgan fingerprint density at radius 3 is 2.59 bits per heavy atom. The van der Waals surface area contributed by atoms with Gasteiger partial charge in [0.25, 0.3) is 0 Å². The van der Waals surface area contributed by atoms with E-state index in [9.17, 15) is 9.59 Å².